The summed E-state index contributed by atoms with van der Waals surface area (Å²) in [6, 6.07) is 16.6. The largest absolute Gasteiger partial charge is 0.346 e. The van der Waals surface area contributed by atoms with E-state index < -0.39 is 5.69 Å². The molecule has 1 aliphatic rings. The van der Waals surface area contributed by atoms with E-state index in [0.717, 1.165) is 11.4 Å². The molecule has 4 aromatic rings. The third-order valence-electron chi connectivity index (χ3n) is 5.23. The Morgan fingerprint density at radius 3 is 2.62 bits per heavy atom. The van der Waals surface area contributed by atoms with Gasteiger partial charge in [0.15, 0.2) is 5.82 Å². The molecule has 1 aliphatic heterocycles. The second-order valence-corrected chi connectivity index (χ2v) is 6.99. The lowest BCUT2D eigenvalue weighted by molar-refractivity contribution is 0.0626. The molecular formula is C21H18N6O2. The molecule has 29 heavy (non-hydrogen) atoms. The molecule has 2 aromatic heterocycles. The van der Waals surface area contributed by atoms with E-state index in [0.29, 0.717) is 29.8 Å². The second kappa shape index (κ2) is 6.66. The molecule has 1 amide bonds. The zero-order valence-electron chi connectivity index (χ0n) is 15.7. The number of aromatic nitrogens is 5. The maximum absolute atomic E-state index is 13.3. The zero-order valence-corrected chi connectivity index (χ0v) is 15.7. The maximum Gasteiger partial charge on any atom is 0.346 e. The van der Waals surface area contributed by atoms with E-state index in [1.54, 1.807) is 17.0 Å². The van der Waals surface area contributed by atoms with Gasteiger partial charge in [-0.2, -0.15) is 10.1 Å². The standard InChI is InChI=1S/C21H18N6O2/c1-13-19-24-18(14-7-3-2-4-8-14)25-27(19)12-11-26(13)20(28)17-15-9-5-6-10-16(15)22-21(29)23-17/h2-10,13H,11-12H2,1H3,(H,22,23,29)/t13-/m0/s1. The molecule has 0 aliphatic carbocycles. The number of rotatable bonds is 2. The summed E-state index contributed by atoms with van der Waals surface area (Å²) in [6.45, 7) is 2.92. The molecule has 0 spiro atoms. The predicted molar refractivity (Wildman–Crippen MR) is 107 cm³/mol. The summed E-state index contributed by atoms with van der Waals surface area (Å²) in [5.41, 5.74) is 1.15. The fraction of sp³-hybridized carbons (Fsp3) is 0.190. The molecule has 1 atom stereocenters. The van der Waals surface area contributed by atoms with E-state index in [2.05, 4.69) is 20.1 Å². The fourth-order valence-corrected chi connectivity index (χ4v) is 3.75. The highest BCUT2D eigenvalue weighted by Gasteiger charge is 2.32. The van der Waals surface area contributed by atoms with Crippen LogP contribution in [0.4, 0.5) is 0 Å². The number of hydrogen-bond donors (Lipinski definition) is 1. The minimum Gasteiger partial charge on any atom is -0.325 e. The van der Waals surface area contributed by atoms with Crippen molar-refractivity contribution >= 4 is 16.8 Å². The van der Waals surface area contributed by atoms with E-state index in [-0.39, 0.29) is 17.6 Å². The van der Waals surface area contributed by atoms with Crippen LogP contribution in [0.25, 0.3) is 22.3 Å². The molecule has 0 fully saturated rings. The number of aromatic amines is 1. The monoisotopic (exact) mass is 386 g/mol. The molecule has 8 heteroatoms. The fourth-order valence-electron chi connectivity index (χ4n) is 3.75. The smallest absolute Gasteiger partial charge is 0.325 e. The highest BCUT2D eigenvalue weighted by atomic mass is 16.2. The third-order valence-corrected chi connectivity index (χ3v) is 5.23. The number of benzene rings is 2. The highest BCUT2D eigenvalue weighted by Crippen LogP contribution is 2.28. The van der Waals surface area contributed by atoms with Gasteiger partial charge >= 0.3 is 5.69 Å². The van der Waals surface area contributed by atoms with Crippen LogP contribution >= 0.6 is 0 Å². The van der Waals surface area contributed by atoms with Crippen LogP contribution in [0, 0.1) is 0 Å². The van der Waals surface area contributed by atoms with E-state index in [9.17, 15) is 9.59 Å². The molecule has 8 nitrogen and oxygen atoms in total. The number of nitrogens with one attached hydrogen (secondary N) is 1. The third kappa shape index (κ3) is 2.89. The van der Waals surface area contributed by atoms with Gasteiger partial charge in [0.25, 0.3) is 5.91 Å². The summed E-state index contributed by atoms with van der Waals surface area (Å²) in [4.78, 5) is 38.3. The van der Waals surface area contributed by atoms with Crippen LogP contribution in [0.3, 0.4) is 0 Å². The Labute approximate surface area is 165 Å². The Kier molecular flexibility index (Phi) is 3.97. The van der Waals surface area contributed by atoms with Crippen LogP contribution < -0.4 is 5.69 Å². The second-order valence-electron chi connectivity index (χ2n) is 6.99. The number of carbonyl (C=O) groups excluding carboxylic acids is 1. The van der Waals surface area contributed by atoms with Crippen molar-refractivity contribution in [2.45, 2.75) is 19.5 Å². The number of carbonyl (C=O) groups is 1. The van der Waals surface area contributed by atoms with E-state index in [4.69, 9.17) is 0 Å². The Hall–Kier alpha value is -3.81. The number of amides is 1. The summed E-state index contributed by atoms with van der Waals surface area (Å²) in [7, 11) is 0. The van der Waals surface area contributed by atoms with Crippen molar-refractivity contribution in [3.63, 3.8) is 0 Å². The minimum absolute atomic E-state index is 0.160. The van der Waals surface area contributed by atoms with Gasteiger partial charge in [-0.25, -0.2) is 14.5 Å². The molecule has 3 heterocycles. The molecule has 1 N–H and O–H groups in total. The Morgan fingerprint density at radius 1 is 1.03 bits per heavy atom. The van der Waals surface area contributed by atoms with Crippen LogP contribution in [-0.2, 0) is 6.54 Å². The van der Waals surface area contributed by atoms with Crippen molar-refractivity contribution < 1.29 is 4.79 Å². The van der Waals surface area contributed by atoms with Gasteiger partial charge in [-0.1, -0.05) is 48.5 Å². The predicted octanol–water partition coefficient (Wildman–Crippen LogP) is 2.40. The summed E-state index contributed by atoms with van der Waals surface area (Å²) in [5, 5.41) is 5.23. The summed E-state index contributed by atoms with van der Waals surface area (Å²) in [6.07, 6.45) is 0. The normalized spacial score (nSPS) is 16.0. The van der Waals surface area contributed by atoms with Crippen LogP contribution in [0.15, 0.2) is 59.4 Å². The van der Waals surface area contributed by atoms with E-state index in [1.807, 2.05) is 54.1 Å². The van der Waals surface area contributed by atoms with Crippen LogP contribution in [0.2, 0.25) is 0 Å². The van der Waals surface area contributed by atoms with Gasteiger partial charge < -0.3 is 9.88 Å². The SMILES string of the molecule is C[C@H]1c2nc(-c3ccccc3)nn2CCN1C(=O)c1nc(=O)[nH]c2ccccc12. The molecule has 144 valence electrons. The lowest BCUT2D eigenvalue weighted by atomic mass is 10.1. The summed E-state index contributed by atoms with van der Waals surface area (Å²) < 4.78 is 1.85. The van der Waals surface area contributed by atoms with Crippen LogP contribution in [0.5, 0.6) is 0 Å². The van der Waals surface area contributed by atoms with Crippen molar-refractivity contribution in [2.75, 3.05) is 6.54 Å². The van der Waals surface area contributed by atoms with Gasteiger partial charge in [0.2, 0.25) is 0 Å². The van der Waals surface area contributed by atoms with Crippen molar-refractivity contribution in [3.8, 4) is 11.4 Å². The number of fused-ring (bicyclic) bond motifs is 2. The van der Waals surface area contributed by atoms with Crippen LogP contribution in [-0.4, -0.2) is 42.1 Å². The van der Waals surface area contributed by atoms with Crippen LogP contribution in [0.1, 0.15) is 29.3 Å². The average Bonchev–Trinajstić information content (AvgIpc) is 3.19. The average molecular weight is 386 g/mol. The molecular weight excluding hydrogens is 368 g/mol. The first-order chi connectivity index (χ1) is 14.1. The molecule has 0 unspecified atom stereocenters. The topological polar surface area (TPSA) is 96.8 Å². The van der Waals surface area contributed by atoms with Crippen molar-refractivity contribution in [3.05, 3.63) is 76.6 Å². The number of nitrogens with zero attached hydrogens (tertiary/aromatic N) is 5. The molecule has 2 aromatic carbocycles. The minimum atomic E-state index is -0.536. The van der Waals surface area contributed by atoms with E-state index >= 15 is 0 Å². The Balaban J connectivity index is 1.52. The van der Waals surface area contributed by atoms with Gasteiger partial charge in [0.1, 0.15) is 11.5 Å². The summed E-state index contributed by atoms with van der Waals surface area (Å²) >= 11 is 0. The first kappa shape index (κ1) is 17.3. The van der Waals surface area contributed by atoms with Gasteiger partial charge in [-0.05, 0) is 13.0 Å². The van der Waals surface area contributed by atoms with Crippen molar-refractivity contribution in [1.29, 1.82) is 0 Å². The number of H-pyrrole nitrogens is 1. The Bertz CT molecular complexity index is 1280. The molecule has 0 bridgehead atoms. The zero-order chi connectivity index (χ0) is 20.0. The van der Waals surface area contributed by atoms with Crippen molar-refractivity contribution in [1.82, 2.24) is 29.6 Å². The summed E-state index contributed by atoms with van der Waals surface area (Å²) in [5.74, 6) is 1.08. The first-order valence-corrected chi connectivity index (χ1v) is 9.42. The van der Waals surface area contributed by atoms with Gasteiger partial charge in [-0.15, -0.1) is 0 Å². The number of hydrogen-bond acceptors (Lipinski definition) is 5. The molecule has 5 rings (SSSR count). The van der Waals surface area contributed by atoms with Gasteiger partial charge in [-0.3, -0.25) is 4.79 Å². The first-order valence-electron chi connectivity index (χ1n) is 9.42. The van der Waals surface area contributed by atoms with Gasteiger partial charge in [0, 0.05) is 17.5 Å². The molecule has 0 saturated carbocycles. The maximum atomic E-state index is 13.3. The Morgan fingerprint density at radius 2 is 1.79 bits per heavy atom. The lowest BCUT2D eigenvalue weighted by Crippen LogP contribution is -2.42. The van der Waals surface area contributed by atoms with Crippen molar-refractivity contribution in [2.24, 2.45) is 0 Å². The molecule has 0 saturated heterocycles. The quantitative estimate of drug-likeness (QED) is 0.571. The molecule has 0 radical (unpaired) electrons. The van der Waals surface area contributed by atoms with Gasteiger partial charge in [0.05, 0.1) is 18.1 Å². The lowest BCUT2D eigenvalue weighted by Gasteiger charge is -2.32. The number of para-hydroxylation sites is 1. The highest BCUT2D eigenvalue weighted by molar-refractivity contribution is 6.04. The van der Waals surface area contributed by atoms with E-state index in [1.165, 1.54) is 0 Å².